The van der Waals surface area contributed by atoms with Crippen LogP contribution < -0.4 is 19.9 Å². The van der Waals surface area contributed by atoms with Gasteiger partial charge in [-0.2, -0.15) is 0 Å². The minimum atomic E-state index is -0.466. The highest BCUT2D eigenvalue weighted by molar-refractivity contribution is 9.10. The van der Waals surface area contributed by atoms with E-state index in [1.807, 2.05) is 84.9 Å². The number of phenols is 2. The molecule has 0 unspecified atom stereocenters. The van der Waals surface area contributed by atoms with Crippen molar-refractivity contribution >= 4 is 39.2 Å². The Morgan fingerprint density at radius 2 is 1.01 bits per heavy atom. The zero-order valence-corrected chi connectivity index (χ0v) is 40.3. The molecule has 0 radical (unpaired) electrons. The van der Waals surface area contributed by atoms with Gasteiger partial charge in [0.25, 0.3) is 11.4 Å². The normalized spacial score (nSPS) is 10.3. The van der Waals surface area contributed by atoms with Gasteiger partial charge < -0.3 is 30.2 Å². The van der Waals surface area contributed by atoms with E-state index >= 15 is 0 Å². The molecular weight excluding hydrogens is 955 g/mol. The molecule has 14 nitrogen and oxygen atoms in total. The van der Waals surface area contributed by atoms with Crippen molar-refractivity contribution in [1.29, 1.82) is 0 Å². The molecule has 0 amide bonds. The molecule has 8 aromatic rings. The smallest absolute Gasteiger partial charge is 0.273 e. The largest absolute Gasteiger partial charge is 0.508 e. The molecule has 0 aliphatic heterocycles. The number of pyridine rings is 1. The second kappa shape index (κ2) is 27.3. The number of phenolic OH excluding ortho intramolecular Hbond substituents is 2. The van der Waals surface area contributed by atoms with Gasteiger partial charge in [-0.1, -0.05) is 84.9 Å². The van der Waals surface area contributed by atoms with E-state index in [0.29, 0.717) is 23.1 Å². The van der Waals surface area contributed by atoms with Crippen LogP contribution in [0.1, 0.15) is 44.5 Å². The Hall–Kier alpha value is -8.56. The van der Waals surface area contributed by atoms with E-state index in [-0.39, 0.29) is 27.8 Å². The Morgan fingerprint density at radius 1 is 0.557 bits per heavy atom. The van der Waals surface area contributed by atoms with E-state index in [1.165, 1.54) is 58.8 Å². The lowest BCUT2D eigenvalue weighted by molar-refractivity contribution is -0.385. The number of aliphatic imine (C=N–C) groups is 1. The summed E-state index contributed by atoms with van der Waals surface area (Å²) in [5.74, 6) is 2.59. The molecule has 1 aromatic heterocycles. The lowest BCUT2D eigenvalue weighted by Crippen LogP contribution is -1.92. The highest BCUT2D eigenvalue weighted by atomic mass is 79.9. The third-order valence-corrected chi connectivity index (χ3v) is 10.6. The third kappa shape index (κ3) is 17.9. The van der Waals surface area contributed by atoms with Crippen LogP contribution in [0.25, 0.3) is 0 Å². The Morgan fingerprint density at radius 3 is 1.47 bits per heavy atom. The number of anilines is 1. The predicted octanol–water partition coefficient (Wildman–Crippen LogP) is 12.1. The van der Waals surface area contributed by atoms with Crippen LogP contribution in [0.3, 0.4) is 0 Å². The van der Waals surface area contributed by atoms with E-state index < -0.39 is 4.92 Å². The summed E-state index contributed by atoms with van der Waals surface area (Å²) in [6.07, 6.45) is 5.41. The molecule has 8 rings (SSSR count). The Labute approximate surface area is 414 Å². The van der Waals surface area contributed by atoms with Crippen molar-refractivity contribution in [2.45, 2.75) is 25.8 Å². The number of halogens is 1. The predicted molar refractivity (Wildman–Crippen MR) is 277 cm³/mol. The van der Waals surface area contributed by atoms with E-state index in [0.717, 1.165) is 52.5 Å². The van der Waals surface area contributed by atoms with Crippen molar-refractivity contribution in [2.24, 2.45) is 4.99 Å². The molecule has 70 heavy (non-hydrogen) atoms. The maximum atomic E-state index is 10.7. The number of nitrogen functional groups attached to an aromatic ring is 1. The number of methoxy groups -OCH3 is 3. The Balaban J connectivity index is 0.000000183. The zero-order valence-electron chi connectivity index (χ0n) is 38.7. The van der Waals surface area contributed by atoms with E-state index in [9.17, 15) is 30.4 Å². The molecule has 15 heteroatoms. The number of nitro groups is 2. The topological polar surface area (TPSA) is 206 Å². The van der Waals surface area contributed by atoms with Gasteiger partial charge in [-0.15, -0.1) is 0 Å². The number of ether oxygens (including phenoxy) is 3. The highest BCUT2D eigenvalue weighted by Gasteiger charge is 2.07. The lowest BCUT2D eigenvalue weighted by atomic mass is 10.0. The van der Waals surface area contributed by atoms with Gasteiger partial charge in [0.1, 0.15) is 33.4 Å². The molecule has 0 bridgehead atoms. The quantitative estimate of drug-likeness (QED) is 0.0307. The van der Waals surface area contributed by atoms with Gasteiger partial charge in [0.2, 0.25) is 0 Å². The first-order valence-electron chi connectivity index (χ1n) is 21.6. The van der Waals surface area contributed by atoms with Gasteiger partial charge in [-0.3, -0.25) is 25.2 Å². The van der Waals surface area contributed by atoms with Gasteiger partial charge in [-0.05, 0) is 135 Å². The molecule has 0 spiro atoms. The van der Waals surface area contributed by atoms with Gasteiger partial charge in [-0.25, -0.2) is 4.98 Å². The SMILES string of the molecule is COc1ccc(Cc2cccc(CN=Cc3ccc(O)cc3O)c2)cc1.COc1ccc(Cc2cccc(N)c2)cc1.COc1ccc(Cc2cccc([N+](=O)[O-])c2)cc1.O=[N+]([O-])c1ccnc(Br)c1. The summed E-state index contributed by atoms with van der Waals surface area (Å²) in [7, 11) is 4.96. The summed E-state index contributed by atoms with van der Waals surface area (Å²) < 4.78 is 15.9. The Bertz CT molecular complexity index is 2950. The van der Waals surface area contributed by atoms with Gasteiger partial charge in [0.05, 0.1) is 37.7 Å². The van der Waals surface area contributed by atoms with E-state index in [2.05, 4.69) is 68.4 Å². The fraction of sp³-hybridized carbons (Fsp3) is 0.127. The fourth-order valence-electron chi connectivity index (χ4n) is 6.65. The van der Waals surface area contributed by atoms with E-state index in [1.54, 1.807) is 45.7 Å². The van der Waals surface area contributed by atoms with Crippen LogP contribution in [0.4, 0.5) is 17.1 Å². The zero-order chi connectivity index (χ0) is 50.3. The summed E-state index contributed by atoms with van der Waals surface area (Å²) in [6, 6.07) is 53.9. The standard InChI is InChI=1S/C22H21NO3.C14H13NO3.C14H15NO.C5H3BrN2O2/c1-26-21-9-5-16(6-10-21)11-17-3-2-4-18(12-17)14-23-15-19-7-8-20(24)13-22(19)25;1-18-14-7-5-11(6-8-14)9-12-3-2-4-13(10-12)15(16)17;1-16-14-7-5-11(6-8-14)9-12-3-2-4-13(15)10-12;6-5-3-4(8(9)10)1-2-7-5/h2-10,12-13,15,24-25H,11,14H2,1H3;2-8,10H,9H2,1H3;2-8,10H,9,15H2,1H3;1-3H. The maximum Gasteiger partial charge on any atom is 0.273 e. The summed E-state index contributed by atoms with van der Waals surface area (Å²) in [5, 5.41) is 39.9. The van der Waals surface area contributed by atoms with Crippen molar-refractivity contribution < 1.29 is 34.3 Å². The Kier molecular flexibility index (Phi) is 20.4. The number of rotatable bonds is 14. The second-order valence-electron chi connectivity index (χ2n) is 15.4. The van der Waals surface area contributed by atoms with Crippen LogP contribution in [-0.2, 0) is 25.8 Å². The highest BCUT2D eigenvalue weighted by Crippen LogP contribution is 2.23. The minimum absolute atomic E-state index is 0.0157. The molecule has 0 aliphatic carbocycles. The molecule has 0 aliphatic rings. The number of benzene rings is 7. The average molecular weight is 1010 g/mol. The maximum absolute atomic E-state index is 10.7. The molecule has 4 N–H and O–H groups in total. The first kappa shape index (κ1) is 52.4. The number of aromatic hydroxyl groups is 2. The number of aromatic nitrogens is 1. The molecule has 1 heterocycles. The summed E-state index contributed by atoms with van der Waals surface area (Å²) in [5.41, 5.74) is 15.3. The number of hydrogen-bond donors (Lipinski definition) is 3. The van der Waals surface area contributed by atoms with E-state index in [4.69, 9.17) is 19.9 Å². The van der Waals surface area contributed by atoms with Crippen LogP contribution in [0.2, 0.25) is 0 Å². The lowest BCUT2D eigenvalue weighted by Gasteiger charge is -2.06. The summed E-state index contributed by atoms with van der Waals surface area (Å²) in [4.78, 5) is 28.1. The first-order chi connectivity index (χ1) is 33.8. The van der Waals surface area contributed by atoms with Crippen LogP contribution in [0.15, 0.2) is 192 Å². The molecule has 7 aromatic carbocycles. The van der Waals surface area contributed by atoms with Crippen molar-refractivity contribution in [3.8, 4) is 28.7 Å². The van der Waals surface area contributed by atoms with Gasteiger partial charge >= 0.3 is 0 Å². The number of nitrogens with two attached hydrogens (primary N) is 1. The molecular formula is C55H52BrN5O9. The molecule has 0 saturated carbocycles. The number of non-ortho nitro benzene ring substituents is 1. The van der Waals surface area contributed by atoms with Crippen molar-refractivity contribution in [3.05, 3.63) is 251 Å². The molecule has 0 saturated heterocycles. The third-order valence-electron chi connectivity index (χ3n) is 10.2. The van der Waals surface area contributed by atoms with Crippen molar-refractivity contribution in [2.75, 3.05) is 27.1 Å². The van der Waals surface area contributed by atoms with Crippen molar-refractivity contribution in [3.63, 3.8) is 0 Å². The second-order valence-corrected chi connectivity index (χ2v) is 16.2. The average Bonchev–Trinajstić information content (AvgIpc) is 3.36. The van der Waals surface area contributed by atoms with Crippen LogP contribution in [0.5, 0.6) is 28.7 Å². The number of nitro benzene ring substituents is 1. The first-order valence-corrected chi connectivity index (χ1v) is 22.4. The number of nitrogens with zero attached hydrogens (tertiary/aromatic N) is 4. The summed E-state index contributed by atoms with van der Waals surface area (Å²) >= 11 is 3.01. The van der Waals surface area contributed by atoms with Gasteiger partial charge in [0, 0.05) is 54.0 Å². The van der Waals surface area contributed by atoms with Gasteiger partial charge in [0.15, 0.2) is 0 Å². The van der Waals surface area contributed by atoms with Crippen LogP contribution in [-0.4, -0.2) is 52.6 Å². The fourth-order valence-corrected chi connectivity index (χ4v) is 7.01. The monoisotopic (exact) mass is 1010 g/mol. The van der Waals surface area contributed by atoms with Crippen LogP contribution >= 0.6 is 15.9 Å². The van der Waals surface area contributed by atoms with Crippen molar-refractivity contribution in [1.82, 2.24) is 4.98 Å². The van der Waals surface area contributed by atoms with Crippen LogP contribution in [0, 0.1) is 20.2 Å². The summed E-state index contributed by atoms with van der Waals surface area (Å²) in [6.45, 7) is 0.525. The number of hydrogen-bond acceptors (Lipinski definition) is 12. The molecule has 0 fully saturated rings. The molecule has 358 valence electrons. The minimum Gasteiger partial charge on any atom is -0.508 e. The molecule has 0 atom stereocenters.